The average molecular weight is 289 g/mol. The number of nitrogens with zero attached hydrogens (tertiary/aromatic N) is 3. The predicted octanol–water partition coefficient (Wildman–Crippen LogP) is 2.68. The molecule has 1 N–H and O–H groups in total. The summed E-state index contributed by atoms with van der Waals surface area (Å²) >= 11 is 0. The largest absolute Gasteiger partial charge is 0.477 e. The zero-order valence-electron chi connectivity index (χ0n) is 10.8. The molecule has 5 nitrogen and oxygen atoms in total. The number of carbonyl (C=O) groups is 1. The molecule has 1 aromatic carbocycles. The summed E-state index contributed by atoms with van der Waals surface area (Å²) in [5, 5.41) is 13.2. The van der Waals surface area contributed by atoms with Gasteiger partial charge in [0.15, 0.2) is 11.3 Å². The van der Waals surface area contributed by atoms with Crippen LogP contribution in [0.1, 0.15) is 16.1 Å². The number of halogens is 2. The van der Waals surface area contributed by atoms with Crippen molar-refractivity contribution in [2.24, 2.45) is 0 Å². The summed E-state index contributed by atoms with van der Waals surface area (Å²) in [5.74, 6) is -2.54. The highest BCUT2D eigenvalue weighted by atomic mass is 19.1. The topological polar surface area (TPSA) is 67.5 Å². The van der Waals surface area contributed by atoms with E-state index in [1.165, 1.54) is 12.3 Å². The molecule has 0 bridgehead atoms. The second-order valence-electron chi connectivity index (χ2n) is 4.52. The Morgan fingerprint density at radius 3 is 2.76 bits per heavy atom. The molecule has 0 fully saturated rings. The van der Waals surface area contributed by atoms with Crippen LogP contribution in [0.4, 0.5) is 8.78 Å². The van der Waals surface area contributed by atoms with Crippen LogP contribution in [0.15, 0.2) is 30.5 Å². The molecule has 0 aliphatic rings. The monoisotopic (exact) mass is 289 g/mol. The molecule has 106 valence electrons. The van der Waals surface area contributed by atoms with Crippen LogP contribution >= 0.6 is 0 Å². The number of benzene rings is 1. The second kappa shape index (κ2) is 4.62. The maximum Gasteiger partial charge on any atom is 0.354 e. The van der Waals surface area contributed by atoms with Crippen molar-refractivity contribution in [2.75, 3.05) is 0 Å². The lowest BCUT2D eigenvalue weighted by Crippen LogP contribution is -2.08. The van der Waals surface area contributed by atoms with Gasteiger partial charge in [-0.1, -0.05) is 0 Å². The minimum Gasteiger partial charge on any atom is -0.477 e. The first-order valence-electron chi connectivity index (χ1n) is 6.01. The van der Waals surface area contributed by atoms with Gasteiger partial charge in [-0.25, -0.2) is 23.1 Å². The molecule has 0 atom stereocenters. The van der Waals surface area contributed by atoms with E-state index in [0.29, 0.717) is 5.56 Å². The van der Waals surface area contributed by atoms with E-state index >= 15 is 0 Å². The van der Waals surface area contributed by atoms with Crippen molar-refractivity contribution in [3.05, 3.63) is 53.4 Å². The van der Waals surface area contributed by atoms with Gasteiger partial charge in [0.1, 0.15) is 11.6 Å². The number of fused-ring (bicyclic) bond motifs is 1. The first-order valence-corrected chi connectivity index (χ1v) is 6.01. The highest BCUT2D eigenvalue weighted by molar-refractivity contribution is 5.88. The molecule has 0 aliphatic carbocycles. The zero-order valence-corrected chi connectivity index (χ0v) is 10.8. The third-order valence-corrected chi connectivity index (χ3v) is 3.07. The average Bonchev–Trinajstić information content (AvgIpc) is 2.82. The fourth-order valence-electron chi connectivity index (χ4n) is 2.06. The van der Waals surface area contributed by atoms with Crippen LogP contribution in [-0.4, -0.2) is 25.7 Å². The molecule has 3 rings (SSSR count). The van der Waals surface area contributed by atoms with Crippen LogP contribution in [0.5, 0.6) is 0 Å². The summed E-state index contributed by atoms with van der Waals surface area (Å²) in [6.07, 6.45) is 1.46. The van der Waals surface area contributed by atoms with Gasteiger partial charge in [0.05, 0.1) is 11.9 Å². The minimum atomic E-state index is -1.23. The van der Waals surface area contributed by atoms with Gasteiger partial charge in [0.2, 0.25) is 0 Å². The SMILES string of the molecule is Cc1cnn2c(C(=O)O)cc(-c3cc(F)ccc3F)nc12. The molecule has 0 spiro atoms. The van der Waals surface area contributed by atoms with Crippen LogP contribution in [0.2, 0.25) is 0 Å². The Bertz CT molecular complexity index is 874. The van der Waals surface area contributed by atoms with Crippen molar-refractivity contribution in [1.82, 2.24) is 14.6 Å². The Balaban J connectivity index is 2.35. The molecule has 0 saturated heterocycles. The van der Waals surface area contributed by atoms with Gasteiger partial charge >= 0.3 is 5.97 Å². The van der Waals surface area contributed by atoms with Crippen LogP contribution in [0, 0.1) is 18.6 Å². The lowest BCUT2D eigenvalue weighted by Gasteiger charge is -2.07. The van der Waals surface area contributed by atoms with E-state index in [1.807, 2.05) is 0 Å². The maximum atomic E-state index is 13.8. The Morgan fingerprint density at radius 2 is 2.05 bits per heavy atom. The quantitative estimate of drug-likeness (QED) is 0.787. The van der Waals surface area contributed by atoms with Crippen molar-refractivity contribution in [3.8, 4) is 11.3 Å². The van der Waals surface area contributed by atoms with Crippen molar-refractivity contribution in [2.45, 2.75) is 6.92 Å². The molecule has 0 aliphatic heterocycles. The molecule has 2 heterocycles. The van der Waals surface area contributed by atoms with Gasteiger partial charge in [-0.3, -0.25) is 0 Å². The van der Waals surface area contributed by atoms with E-state index in [9.17, 15) is 18.7 Å². The highest BCUT2D eigenvalue weighted by Gasteiger charge is 2.17. The minimum absolute atomic E-state index is 0.0421. The molecular weight excluding hydrogens is 280 g/mol. The number of hydrogen-bond donors (Lipinski definition) is 1. The Hall–Kier alpha value is -2.83. The molecule has 0 radical (unpaired) electrons. The predicted molar refractivity (Wildman–Crippen MR) is 70.0 cm³/mol. The molecule has 21 heavy (non-hydrogen) atoms. The molecule has 2 aromatic heterocycles. The van der Waals surface area contributed by atoms with Crippen LogP contribution in [-0.2, 0) is 0 Å². The standard InChI is InChI=1S/C14H9F2N3O2/c1-7-6-17-19-12(14(20)21)5-11(18-13(7)19)9-4-8(15)2-3-10(9)16/h2-6H,1H3,(H,20,21). The summed E-state index contributed by atoms with van der Waals surface area (Å²) in [4.78, 5) is 15.5. The summed E-state index contributed by atoms with van der Waals surface area (Å²) in [6, 6.07) is 4.10. The molecule has 0 unspecified atom stereocenters. The number of carboxylic acid groups (broad SMARTS) is 1. The van der Waals surface area contributed by atoms with Gasteiger partial charge in [-0.15, -0.1) is 0 Å². The molecule has 0 amide bonds. The second-order valence-corrected chi connectivity index (χ2v) is 4.52. The zero-order chi connectivity index (χ0) is 15.1. The van der Waals surface area contributed by atoms with Gasteiger partial charge in [-0.05, 0) is 31.2 Å². The number of aryl methyl sites for hydroxylation is 1. The molecular formula is C14H9F2N3O2. The third kappa shape index (κ3) is 2.12. The van der Waals surface area contributed by atoms with Crippen molar-refractivity contribution in [1.29, 1.82) is 0 Å². The smallest absolute Gasteiger partial charge is 0.354 e. The van der Waals surface area contributed by atoms with Gasteiger partial charge in [0.25, 0.3) is 0 Å². The van der Waals surface area contributed by atoms with E-state index in [-0.39, 0.29) is 22.6 Å². The summed E-state index contributed by atoms with van der Waals surface area (Å²) in [5.41, 5.74) is 0.692. The lowest BCUT2D eigenvalue weighted by atomic mass is 10.1. The van der Waals surface area contributed by atoms with Crippen LogP contribution < -0.4 is 0 Å². The van der Waals surface area contributed by atoms with E-state index in [1.54, 1.807) is 6.92 Å². The number of rotatable bonds is 2. The van der Waals surface area contributed by atoms with Crippen LogP contribution in [0.25, 0.3) is 16.9 Å². The molecule has 7 heteroatoms. The van der Waals surface area contributed by atoms with Gasteiger partial charge < -0.3 is 5.11 Å². The summed E-state index contributed by atoms with van der Waals surface area (Å²) in [6.45, 7) is 1.70. The first kappa shape index (κ1) is 13.2. The normalized spacial score (nSPS) is 11.0. The van der Waals surface area contributed by atoms with Crippen molar-refractivity contribution >= 4 is 11.6 Å². The fourth-order valence-corrected chi connectivity index (χ4v) is 2.06. The molecule has 0 saturated carbocycles. The maximum absolute atomic E-state index is 13.8. The van der Waals surface area contributed by atoms with Crippen molar-refractivity contribution in [3.63, 3.8) is 0 Å². The number of hydrogen-bond acceptors (Lipinski definition) is 3. The summed E-state index contributed by atoms with van der Waals surface area (Å²) < 4.78 is 28.3. The number of aromatic carboxylic acids is 1. The molecule has 3 aromatic rings. The first-order chi connectivity index (χ1) is 9.97. The Labute approximate surface area is 117 Å². The Morgan fingerprint density at radius 1 is 1.29 bits per heavy atom. The van der Waals surface area contributed by atoms with E-state index < -0.39 is 17.6 Å². The lowest BCUT2D eigenvalue weighted by molar-refractivity contribution is 0.0687. The number of aromatic nitrogens is 3. The van der Waals surface area contributed by atoms with Gasteiger partial charge in [-0.2, -0.15) is 5.10 Å². The highest BCUT2D eigenvalue weighted by Crippen LogP contribution is 2.24. The van der Waals surface area contributed by atoms with Crippen molar-refractivity contribution < 1.29 is 18.7 Å². The van der Waals surface area contributed by atoms with Crippen LogP contribution in [0.3, 0.4) is 0 Å². The third-order valence-electron chi connectivity index (χ3n) is 3.07. The van der Waals surface area contributed by atoms with E-state index in [2.05, 4.69) is 10.1 Å². The summed E-state index contributed by atoms with van der Waals surface area (Å²) in [7, 11) is 0. The van der Waals surface area contributed by atoms with E-state index in [0.717, 1.165) is 22.7 Å². The van der Waals surface area contributed by atoms with Gasteiger partial charge in [0, 0.05) is 11.1 Å². The Kier molecular flexibility index (Phi) is 2.90. The van der Waals surface area contributed by atoms with E-state index in [4.69, 9.17) is 0 Å². The fraction of sp³-hybridized carbons (Fsp3) is 0.0714. The number of carboxylic acids is 1.